The number of hydrogen-bond acceptors (Lipinski definition) is 23. The second-order valence-electron chi connectivity index (χ2n) is 20.8. The molecule has 0 aliphatic carbocycles. The molecule has 0 saturated carbocycles. The monoisotopic (exact) mass is 1310 g/mol. The molecule has 0 saturated heterocycles. The second kappa shape index (κ2) is 38.9. The maximum atomic E-state index is 13.1. The molecule has 0 heterocycles. The summed E-state index contributed by atoms with van der Waals surface area (Å²) in [4.78, 5) is 13.1. The standard InChI is InChI=1S/C72H79N3O20/c1-78-22-25-86-45-92-69-40-50(28-49-33-60(14-15-61(49)89-19-16-73)95-72(77)48-12-10-9-11-13-48)64(83-6)36-57(69)31-51-38-67(90-20-17-74)55(34-62(51)81-4)29-53-41-70(93-46-87-26-23-79-2)58(37-65(53)84-7)32-52-39-68(91-21-18-75)56(35-63(52)82-5)30-54-42-71(94-47-88-27-24-80-3)59(44-76)43-66(54)85-8/h9-15,33-43,76H,19-32,44-47H2,1-8H3. The van der Waals surface area contributed by atoms with Crippen LogP contribution in [0.2, 0.25) is 0 Å². The largest absolute Gasteiger partial charge is 0.496 e. The number of esters is 1. The highest BCUT2D eigenvalue weighted by molar-refractivity contribution is 5.91. The maximum Gasteiger partial charge on any atom is 0.343 e. The van der Waals surface area contributed by atoms with Crippen LogP contribution in [0.1, 0.15) is 71.6 Å². The molecule has 23 nitrogen and oxygen atoms in total. The average Bonchev–Trinajstić information content (AvgIpc) is 0.841. The molecule has 0 bridgehead atoms. The van der Waals surface area contributed by atoms with Crippen LogP contribution in [0.15, 0.2) is 109 Å². The number of nitrogens with zero attached hydrogens (tertiary/aromatic N) is 3. The Morgan fingerprint density at radius 1 is 0.347 bits per heavy atom. The van der Waals surface area contributed by atoms with Crippen LogP contribution in [0.3, 0.4) is 0 Å². The van der Waals surface area contributed by atoms with Crippen molar-refractivity contribution in [3.05, 3.63) is 176 Å². The molecular weight excluding hydrogens is 1230 g/mol. The van der Waals surface area contributed by atoms with Gasteiger partial charge in [0.15, 0.2) is 40.2 Å². The third-order valence-corrected chi connectivity index (χ3v) is 14.7. The first kappa shape index (κ1) is 72.4. The van der Waals surface area contributed by atoms with Gasteiger partial charge in [0, 0.05) is 115 Å². The molecule has 502 valence electrons. The Morgan fingerprint density at radius 3 is 0.968 bits per heavy atom. The Morgan fingerprint density at radius 2 is 0.642 bits per heavy atom. The number of benzene rings is 7. The first-order valence-electron chi connectivity index (χ1n) is 30.1. The predicted octanol–water partition coefficient (Wildman–Crippen LogP) is 10.1. The quantitative estimate of drug-likeness (QED) is 0.0161. The van der Waals surface area contributed by atoms with E-state index in [0.717, 1.165) is 0 Å². The number of methoxy groups -OCH3 is 8. The topological polar surface area (TPSA) is 275 Å². The van der Waals surface area contributed by atoms with Gasteiger partial charge in [-0.2, -0.15) is 15.8 Å². The van der Waals surface area contributed by atoms with Crippen LogP contribution in [-0.2, 0) is 67.1 Å². The van der Waals surface area contributed by atoms with Crippen LogP contribution in [0.4, 0.5) is 0 Å². The number of aliphatic hydroxyl groups is 1. The zero-order valence-electron chi connectivity index (χ0n) is 54.7. The average molecular weight is 1310 g/mol. The minimum absolute atomic E-state index is 0.0808. The first-order chi connectivity index (χ1) is 46.5. The third-order valence-electron chi connectivity index (χ3n) is 14.7. The van der Waals surface area contributed by atoms with Crippen LogP contribution >= 0.6 is 0 Å². The maximum absolute atomic E-state index is 13.1. The van der Waals surface area contributed by atoms with Crippen molar-refractivity contribution in [2.45, 2.75) is 38.7 Å². The Labute approximate surface area is 553 Å². The second-order valence-corrected chi connectivity index (χ2v) is 20.8. The fraction of sp³-hybridized carbons (Fsp3) is 0.361. The molecule has 0 aliphatic heterocycles. The number of hydrogen-bond donors (Lipinski definition) is 1. The number of aliphatic hydroxyl groups excluding tert-OH is 1. The van der Waals surface area contributed by atoms with Crippen LogP contribution in [-0.4, -0.2) is 148 Å². The van der Waals surface area contributed by atoms with Crippen LogP contribution < -0.4 is 56.8 Å². The molecule has 0 fully saturated rings. The van der Waals surface area contributed by atoms with Crippen molar-refractivity contribution in [1.29, 1.82) is 15.8 Å². The van der Waals surface area contributed by atoms with Gasteiger partial charge in [-0.1, -0.05) is 18.2 Å². The summed E-state index contributed by atoms with van der Waals surface area (Å²) in [5.41, 5.74) is 7.49. The highest BCUT2D eigenvalue weighted by atomic mass is 16.7. The molecular formula is C72H79N3O20. The lowest BCUT2D eigenvalue weighted by Gasteiger charge is -2.21. The summed E-state index contributed by atoms with van der Waals surface area (Å²) in [5.74, 6) is 4.62. The van der Waals surface area contributed by atoms with E-state index in [0.29, 0.717) is 156 Å². The molecule has 7 rings (SSSR count). The van der Waals surface area contributed by atoms with Crippen LogP contribution in [0, 0.1) is 34.0 Å². The van der Waals surface area contributed by atoms with E-state index >= 15 is 0 Å². The Bertz CT molecular complexity index is 3750. The number of ether oxygens (including phenoxy) is 18. The highest BCUT2D eigenvalue weighted by Crippen LogP contribution is 2.42. The van der Waals surface area contributed by atoms with Gasteiger partial charge >= 0.3 is 5.97 Å². The van der Waals surface area contributed by atoms with Crippen molar-refractivity contribution in [3.8, 4) is 87.2 Å². The molecule has 0 atom stereocenters. The van der Waals surface area contributed by atoms with Gasteiger partial charge in [0.25, 0.3) is 0 Å². The van der Waals surface area contributed by atoms with Crippen LogP contribution in [0.5, 0.6) is 69.0 Å². The van der Waals surface area contributed by atoms with Crippen molar-refractivity contribution in [2.75, 3.05) is 137 Å². The minimum atomic E-state index is -0.547. The van der Waals surface area contributed by atoms with Gasteiger partial charge in [0.05, 0.1) is 87.4 Å². The SMILES string of the molecule is COCCOCOc1cc(Cc2cc(OC)c(Cc3cc(OC)c(Cc4cc(OC)c(Cc5cc(OC)c(Cc6cc(OC(=O)c7ccccc7)ccc6OCC#N)cc5OCOCCOC)cc4OCC#N)cc3OCOCCOC)cc2OCC#N)c(OC)cc1CO. The van der Waals surface area contributed by atoms with Crippen molar-refractivity contribution in [3.63, 3.8) is 0 Å². The molecule has 0 aromatic heterocycles. The summed E-state index contributed by atoms with van der Waals surface area (Å²) in [7, 11) is 12.5. The predicted molar refractivity (Wildman–Crippen MR) is 346 cm³/mol. The van der Waals surface area contributed by atoms with E-state index in [1.807, 2.05) is 54.6 Å². The summed E-state index contributed by atoms with van der Waals surface area (Å²) in [6, 6.07) is 38.0. The van der Waals surface area contributed by atoms with Gasteiger partial charge in [-0.3, -0.25) is 0 Å². The molecule has 0 spiro atoms. The van der Waals surface area contributed by atoms with Gasteiger partial charge in [0.1, 0.15) is 87.2 Å². The molecule has 0 radical (unpaired) electrons. The summed E-state index contributed by atoms with van der Waals surface area (Å²) in [6.07, 6.45) is 1.06. The normalized spacial score (nSPS) is 10.8. The van der Waals surface area contributed by atoms with Gasteiger partial charge in [0.2, 0.25) is 0 Å². The summed E-state index contributed by atoms with van der Waals surface area (Å²) in [5, 5.41) is 39.4. The molecule has 23 heteroatoms. The lowest BCUT2D eigenvalue weighted by atomic mass is 9.93. The van der Waals surface area contributed by atoms with E-state index < -0.39 is 5.97 Å². The van der Waals surface area contributed by atoms with Crippen molar-refractivity contribution in [1.82, 2.24) is 0 Å². The van der Waals surface area contributed by atoms with Crippen LogP contribution in [0.25, 0.3) is 0 Å². The van der Waals surface area contributed by atoms with Crippen molar-refractivity contribution < 1.29 is 95.2 Å². The van der Waals surface area contributed by atoms with E-state index in [-0.39, 0.29) is 97.9 Å². The third kappa shape index (κ3) is 21.0. The van der Waals surface area contributed by atoms with E-state index in [4.69, 9.17) is 85.3 Å². The van der Waals surface area contributed by atoms with Gasteiger partial charge < -0.3 is 90.4 Å². The van der Waals surface area contributed by atoms with Gasteiger partial charge in [-0.15, -0.1) is 0 Å². The summed E-state index contributed by atoms with van der Waals surface area (Å²) < 4.78 is 106. The van der Waals surface area contributed by atoms with E-state index in [1.165, 1.54) is 7.11 Å². The molecule has 95 heavy (non-hydrogen) atoms. The van der Waals surface area contributed by atoms with E-state index in [9.17, 15) is 25.7 Å². The number of rotatable bonds is 42. The molecule has 0 unspecified atom stereocenters. The smallest absolute Gasteiger partial charge is 0.343 e. The minimum Gasteiger partial charge on any atom is -0.496 e. The summed E-state index contributed by atoms with van der Waals surface area (Å²) >= 11 is 0. The number of carbonyl (C=O) groups is 1. The van der Waals surface area contributed by atoms with Crippen molar-refractivity contribution in [2.24, 2.45) is 0 Å². The fourth-order valence-corrected chi connectivity index (χ4v) is 10.1. The Hall–Kier alpha value is -10.00. The van der Waals surface area contributed by atoms with E-state index in [1.54, 1.807) is 110 Å². The zero-order valence-corrected chi connectivity index (χ0v) is 54.7. The Balaban J connectivity index is 1.25. The molecule has 1 N–H and O–H groups in total. The Kier molecular flexibility index (Phi) is 29.6. The lowest BCUT2D eigenvalue weighted by molar-refractivity contribution is -0.00935. The number of carbonyl (C=O) groups excluding carboxylic acids is 1. The molecule has 7 aromatic carbocycles. The molecule has 0 aliphatic rings. The zero-order chi connectivity index (χ0) is 67.7. The molecule has 0 amide bonds. The lowest BCUT2D eigenvalue weighted by Crippen LogP contribution is -2.11. The fourth-order valence-electron chi connectivity index (χ4n) is 10.1. The van der Waals surface area contributed by atoms with Gasteiger partial charge in [-0.25, -0.2) is 4.79 Å². The highest BCUT2D eigenvalue weighted by Gasteiger charge is 2.24. The number of nitriles is 3. The molecule has 7 aromatic rings. The first-order valence-corrected chi connectivity index (χ1v) is 30.1. The van der Waals surface area contributed by atoms with Gasteiger partial charge in [-0.05, 0) is 91.0 Å². The van der Waals surface area contributed by atoms with E-state index in [2.05, 4.69) is 12.1 Å². The summed E-state index contributed by atoms with van der Waals surface area (Å²) in [6.45, 7) is 0.455. The van der Waals surface area contributed by atoms with Crippen molar-refractivity contribution >= 4 is 5.97 Å².